The molecule has 1 heterocycles. The molecule has 3 aromatic carbocycles. The third kappa shape index (κ3) is 6.57. The lowest BCUT2D eigenvalue weighted by atomic mass is 10.1. The summed E-state index contributed by atoms with van der Waals surface area (Å²) in [6, 6.07) is 18.2. The topological polar surface area (TPSA) is 77.0 Å². The van der Waals surface area contributed by atoms with Crippen molar-refractivity contribution in [1.29, 1.82) is 0 Å². The lowest BCUT2D eigenvalue weighted by Crippen LogP contribution is -2.20. The number of thioether (sulfide) groups is 1. The van der Waals surface area contributed by atoms with Gasteiger partial charge in [0, 0.05) is 10.6 Å². The third-order valence-electron chi connectivity index (χ3n) is 5.08. The zero-order valence-corrected chi connectivity index (χ0v) is 22.7. The summed E-state index contributed by atoms with van der Waals surface area (Å²) in [6.45, 7) is 4.77. The largest absolute Gasteiger partial charge is 0.490 e. The van der Waals surface area contributed by atoms with Crippen LogP contribution in [-0.2, 0) is 11.4 Å². The second-order valence-electron chi connectivity index (χ2n) is 7.83. The van der Waals surface area contributed by atoms with E-state index in [4.69, 9.17) is 21.1 Å². The Morgan fingerprint density at radius 3 is 2.53 bits per heavy atom. The Hall–Kier alpha value is -3.07. The van der Waals surface area contributed by atoms with Gasteiger partial charge in [0.25, 0.3) is 11.8 Å². The number of aliphatic imine (C=N–C) groups is 1. The molecule has 36 heavy (non-hydrogen) atoms. The normalized spacial score (nSPS) is 15.3. The first kappa shape index (κ1) is 26.0. The molecule has 0 unspecified atom stereocenters. The Morgan fingerprint density at radius 2 is 1.83 bits per heavy atom. The van der Waals surface area contributed by atoms with Gasteiger partial charge in [-0.1, -0.05) is 41.4 Å². The number of benzene rings is 3. The Bertz CT molecular complexity index is 1360. The summed E-state index contributed by atoms with van der Waals surface area (Å²) in [4.78, 5) is 29.4. The van der Waals surface area contributed by atoms with Crippen molar-refractivity contribution in [3.63, 3.8) is 0 Å². The quantitative estimate of drug-likeness (QED) is 0.309. The minimum absolute atomic E-state index is 0.216. The highest BCUT2D eigenvalue weighted by molar-refractivity contribution is 9.10. The maximum atomic E-state index is 12.5. The molecule has 1 aliphatic heterocycles. The SMILES string of the molecule is CCOc1cc(/C=C2\SC(=NC(=O)c3ccc(Cl)cc3)NC2=O)cc(Br)c1OCc1ccc(C)cc1. The van der Waals surface area contributed by atoms with E-state index in [1.54, 1.807) is 30.3 Å². The summed E-state index contributed by atoms with van der Waals surface area (Å²) in [7, 11) is 0. The second kappa shape index (κ2) is 11.8. The summed E-state index contributed by atoms with van der Waals surface area (Å²) in [5.41, 5.74) is 3.34. The molecule has 0 radical (unpaired) electrons. The van der Waals surface area contributed by atoms with E-state index in [1.165, 1.54) is 5.56 Å². The van der Waals surface area contributed by atoms with E-state index in [9.17, 15) is 9.59 Å². The van der Waals surface area contributed by atoms with E-state index in [0.29, 0.717) is 44.7 Å². The van der Waals surface area contributed by atoms with Crippen LogP contribution in [0.3, 0.4) is 0 Å². The van der Waals surface area contributed by atoms with Crippen LogP contribution >= 0.6 is 39.3 Å². The number of nitrogens with one attached hydrogen (secondary N) is 1. The molecule has 9 heteroatoms. The zero-order chi connectivity index (χ0) is 25.7. The third-order valence-corrected chi connectivity index (χ3v) is 6.83. The fourth-order valence-corrected chi connectivity index (χ4v) is 4.81. The van der Waals surface area contributed by atoms with E-state index >= 15 is 0 Å². The van der Waals surface area contributed by atoms with E-state index in [2.05, 4.69) is 26.2 Å². The number of aryl methyl sites for hydroxylation is 1. The number of carbonyl (C=O) groups is 2. The molecule has 1 aliphatic rings. The van der Waals surface area contributed by atoms with E-state index in [1.807, 2.05) is 50.2 Å². The van der Waals surface area contributed by atoms with Gasteiger partial charge in [-0.05, 0) is 95.1 Å². The minimum Gasteiger partial charge on any atom is -0.490 e. The van der Waals surface area contributed by atoms with Gasteiger partial charge in [-0.2, -0.15) is 4.99 Å². The summed E-state index contributed by atoms with van der Waals surface area (Å²) >= 11 is 10.5. The van der Waals surface area contributed by atoms with Gasteiger partial charge in [0.05, 0.1) is 16.0 Å². The van der Waals surface area contributed by atoms with Crippen molar-refractivity contribution in [3.05, 3.63) is 97.3 Å². The number of carbonyl (C=O) groups excluding carboxylic acids is 2. The van der Waals surface area contributed by atoms with Gasteiger partial charge in [-0.15, -0.1) is 0 Å². The molecule has 4 rings (SSSR count). The summed E-state index contributed by atoms with van der Waals surface area (Å²) in [5, 5.41) is 3.38. The fraction of sp³-hybridized carbons (Fsp3) is 0.148. The molecule has 0 saturated carbocycles. The van der Waals surface area contributed by atoms with Crippen LogP contribution in [-0.4, -0.2) is 23.6 Å². The molecule has 1 fully saturated rings. The minimum atomic E-state index is -0.466. The van der Waals surface area contributed by atoms with Crippen molar-refractivity contribution in [2.45, 2.75) is 20.5 Å². The van der Waals surface area contributed by atoms with Crippen LogP contribution < -0.4 is 14.8 Å². The lowest BCUT2D eigenvalue weighted by molar-refractivity contribution is -0.115. The maximum Gasteiger partial charge on any atom is 0.279 e. The first-order chi connectivity index (χ1) is 17.3. The molecular formula is C27H22BrClN2O4S. The number of ether oxygens (including phenoxy) is 2. The predicted molar refractivity (Wildman–Crippen MR) is 148 cm³/mol. The number of halogens is 2. The van der Waals surface area contributed by atoms with Crippen LogP contribution in [0.2, 0.25) is 5.02 Å². The van der Waals surface area contributed by atoms with Crippen molar-refractivity contribution in [1.82, 2.24) is 5.32 Å². The summed E-state index contributed by atoms with van der Waals surface area (Å²) in [6.07, 6.45) is 1.71. The molecule has 0 bridgehead atoms. The Kier molecular flexibility index (Phi) is 8.51. The van der Waals surface area contributed by atoms with Crippen LogP contribution in [0.1, 0.15) is 34.0 Å². The highest BCUT2D eigenvalue weighted by Gasteiger charge is 2.25. The lowest BCUT2D eigenvalue weighted by Gasteiger charge is -2.15. The Balaban J connectivity index is 1.53. The van der Waals surface area contributed by atoms with Crippen molar-refractivity contribution in [2.75, 3.05) is 6.61 Å². The molecule has 0 spiro atoms. The summed E-state index contributed by atoms with van der Waals surface area (Å²) < 4.78 is 12.6. The van der Waals surface area contributed by atoms with E-state index in [-0.39, 0.29) is 11.1 Å². The first-order valence-corrected chi connectivity index (χ1v) is 13.1. The molecule has 1 N–H and O–H groups in total. The molecule has 0 atom stereocenters. The average Bonchev–Trinajstić information content (AvgIpc) is 3.18. The Labute approximate surface area is 226 Å². The second-order valence-corrected chi connectivity index (χ2v) is 10.2. The standard InChI is InChI=1S/C27H22BrClN2O4S/c1-3-34-22-13-18(12-21(28)24(22)35-15-17-6-4-16(2)5-7-17)14-23-26(33)31-27(36-23)30-25(32)19-8-10-20(29)11-9-19/h4-14H,3,15H2,1-2H3,(H,30,31,32,33)/b23-14-. The highest BCUT2D eigenvalue weighted by atomic mass is 79.9. The van der Waals surface area contributed by atoms with Gasteiger partial charge in [-0.25, -0.2) is 0 Å². The molecular weight excluding hydrogens is 564 g/mol. The Morgan fingerprint density at radius 1 is 1.11 bits per heavy atom. The number of nitrogens with zero attached hydrogens (tertiary/aromatic N) is 1. The monoisotopic (exact) mass is 584 g/mol. The van der Waals surface area contributed by atoms with Crippen LogP contribution in [0.25, 0.3) is 6.08 Å². The molecule has 1 saturated heterocycles. The van der Waals surface area contributed by atoms with Gasteiger partial charge in [0.1, 0.15) is 6.61 Å². The average molecular weight is 586 g/mol. The molecule has 6 nitrogen and oxygen atoms in total. The number of hydrogen-bond donors (Lipinski definition) is 1. The van der Waals surface area contributed by atoms with Gasteiger partial charge in [0.2, 0.25) is 0 Å². The van der Waals surface area contributed by atoms with Crippen LogP contribution in [0, 0.1) is 6.92 Å². The van der Waals surface area contributed by atoms with Gasteiger partial charge in [0.15, 0.2) is 16.7 Å². The predicted octanol–water partition coefficient (Wildman–Crippen LogP) is 6.79. The van der Waals surface area contributed by atoms with Crippen molar-refractivity contribution >= 4 is 62.4 Å². The number of amides is 2. The smallest absolute Gasteiger partial charge is 0.279 e. The first-order valence-electron chi connectivity index (χ1n) is 11.1. The van der Waals surface area contributed by atoms with Crippen LogP contribution in [0.5, 0.6) is 11.5 Å². The summed E-state index contributed by atoms with van der Waals surface area (Å²) in [5.74, 6) is 0.337. The van der Waals surface area contributed by atoms with Gasteiger partial charge < -0.3 is 14.8 Å². The van der Waals surface area contributed by atoms with Crippen molar-refractivity contribution in [3.8, 4) is 11.5 Å². The number of hydrogen-bond acceptors (Lipinski definition) is 5. The van der Waals surface area contributed by atoms with Crippen LogP contribution in [0.15, 0.2) is 75.0 Å². The van der Waals surface area contributed by atoms with Gasteiger partial charge in [-0.3, -0.25) is 9.59 Å². The number of rotatable bonds is 7. The maximum absolute atomic E-state index is 12.5. The van der Waals surface area contributed by atoms with Gasteiger partial charge >= 0.3 is 0 Å². The highest BCUT2D eigenvalue weighted by Crippen LogP contribution is 2.39. The van der Waals surface area contributed by atoms with Crippen molar-refractivity contribution in [2.24, 2.45) is 4.99 Å². The van der Waals surface area contributed by atoms with E-state index in [0.717, 1.165) is 22.9 Å². The zero-order valence-electron chi connectivity index (χ0n) is 19.5. The molecule has 184 valence electrons. The number of amidine groups is 1. The molecule has 0 aromatic heterocycles. The van der Waals surface area contributed by atoms with Crippen LogP contribution in [0.4, 0.5) is 0 Å². The molecule has 3 aromatic rings. The van der Waals surface area contributed by atoms with Crippen molar-refractivity contribution < 1.29 is 19.1 Å². The van der Waals surface area contributed by atoms with E-state index < -0.39 is 5.91 Å². The fourth-order valence-electron chi connectivity index (χ4n) is 3.30. The molecule has 0 aliphatic carbocycles. The molecule has 2 amide bonds.